The van der Waals surface area contributed by atoms with Crippen LogP contribution >= 0.6 is 0 Å². The summed E-state index contributed by atoms with van der Waals surface area (Å²) in [6.07, 6.45) is 3.50. The molecule has 2 heterocycles. The largest absolute Gasteiger partial charge is 0.373 e. The van der Waals surface area contributed by atoms with Gasteiger partial charge in [-0.1, -0.05) is 13.8 Å². The van der Waals surface area contributed by atoms with Gasteiger partial charge in [-0.25, -0.2) is 9.97 Å². The van der Waals surface area contributed by atoms with Crippen LogP contribution in [0, 0.1) is 0 Å². The van der Waals surface area contributed by atoms with Gasteiger partial charge in [-0.3, -0.25) is 4.98 Å². The number of aromatic nitrogens is 3. The van der Waals surface area contributed by atoms with Gasteiger partial charge in [-0.05, 0) is 18.1 Å². The summed E-state index contributed by atoms with van der Waals surface area (Å²) in [6.45, 7) is 4.25. The van der Waals surface area contributed by atoms with Crippen LogP contribution in [0.4, 0.5) is 5.82 Å². The van der Waals surface area contributed by atoms with Gasteiger partial charge in [-0.15, -0.1) is 0 Å². The first-order valence-electron chi connectivity index (χ1n) is 5.68. The van der Waals surface area contributed by atoms with Crippen molar-refractivity contribution in [2.45, 2.75) is 19.8 Å². The van der Waals surface area contributed by atoms with Crippen molar-refractivity contribution in [3.05, 3.63) is 36.3 Å². The van der Waals surface area contributed by atoms with E-state index in [-0.39, 0.29) is 0 Å². The highest BCUT2D eigenvalue weighted by atomic mass is 15.0. The maximum Gasteiger partial charge on any atom is 0.161 e. The molecule has 0 spiro atoms. The van der Waals surface area contributed by atoms with Gasteiger partial charge in [0.1, 0.15) is 5.82 Å². The van der Waals surface area contributed by atoms with E-state index < -0.39 is 0 Å². The molecule has 0 atom stereocenters. The third-order valence-corrected chi connectivity index (χ3v) is 2.53. The first-order valence-corrected chi connectivity index (χ1v) is 5.68. The van der Waals surface area contributed by atoms with Gasteiger partial charge in [0.25, 0.3) is 0 Å². The quantitative estimate of drug-likeness (QED) is 0.877. The molecule has 4 nitrogen and oxygen atoms in total. The van der Waals surface area contributed by atoms with Crippen LogP contribution in [0.2, 0.25) is 0 Å². The van der Waals surface area contributed by atoms with Crippen molar-refractivity contribution >= 4 is 5.82 Å². The van der Waals surface area contributed by atoms with Crippen LogP contribution < -0.4 is 5.32 Å². The van der Waals surface area contributed by atoms with E-state index in [0.29, 0.717) is 5.92 Å². The first-order chi connectivity index (χ1) is 8.20. The van der Waals surface area contributed by atoms with E-state index in [2.05, 4.69) is 34.1 Å². The highest BCUT2D eigenvalue weighted by Crippen LogP contribution is 2.20. The fourth-order valence-corrected chi connectivity index (χ4v) is 1.52. The van der Waals surface area contributed by atoms with Crippen LogP contribution in [0.25, 0.3) is 11.4 Å². The second-order valence-corrected chi connectivity index (χ2v) is 4.14. The maximum atomic E-state index is 4.57. The maximum absolute atomic E-state index is 4.57. The second-order valence-electron chi connectivity index (χ2n) is 4.14. The Morgan fingerprint density at radius 2 is 1.82 bits per heavy atom. The number of pyridine rings is 1. The zero-order chi connectivity index (χ0) is 12.3. The molecular weight excluding hydrogens is 212 g/mol. The van der Waals surface area contributed by atoms with E-state index in [4.69, 9.17) is 0 Å². The minimum Gasteiger partial charge on any atom is -0.373 e. The van der Waals surface area contributed by atoms with Crippen LogP contribution in [0.15, 0.2) is 30.6 Å². The van der Waals surface area contributed by atoms with Gasteiger partial charge in [0.05, 0.1) is 0 Å². The van der Waals surface area contributed by atoms with E-state index >= 15 is 0 Å². The fraction of sp³-hybridized carbons (Fsp3) is 0.308. The molecule has 0 aliphatic heterocycles. The Kier molecular flexibility index (Phi) is 3.32. The monoisotopic (exact) mass is 228 g/mol. The molecule has 0 amide bonds. The first kappa shape index (κ1) is 11.5. The Morgan fingerprint density at radius 3 is 2.41 bits per heavy atom. The second kappa shape index (κ2) is 4.91. The van der Waals surface area contributed by atoms with Crippen molar-refractivity contribution in [2.24, 2.45) is 0 Å². The average Bonchev–Trinajstić information content (AvgIpc) is 2.39. The molecule has 0 radical (unpaired) electrons. The Labute approximate surface area is 101 Å². The van der Waals surface area contributed by atoms with E-state index in [1.807, 2.05) is 25.2 Å². The predicted octanol–water partition coefficient (Wildman–Crippen LogP) is 2.70. The molecule has 0 bridgehead atoms. The zero-order valence-electron chi connectivity index (χ0n) is 10.3. The smallest absolute Gasteiger partial charge is 0.161 e. The minimum absolute atomic E-state index is 0.380. The summed E-state index contributed by atoms with van der Waals surface area (Å²) < 4.78 is 0. The summed E-state index contributed by atoms with van der Waals surface area (Å²) in [5, 5.41) is 3.07. The van der Waals surface area contributed by atoms with Crippen molar-refractivity contribution in [1.82, 2.24) is 15.0 Å². The van der Waals surface area contributed by atoms with Gasteiger partial charge < -0.3 is 5.32 Å². The molecule has 0 unspecified atom stereocenters. The standard InChI is InChI=1S/C13H16N4/c1-9(2)11-8-12(14-3)17-13(16-11)10-4-6-15-7-5-10/h4-9H,1-3H3,(H,14,16,17). The lowest BCUT2D eigenvalue weighted by atomic mass is 10.1. The normalized spacial score (nSPS) is 10.6. The topological polar surface area (TPSA) is 50.7 Å². The minimum atomic E-state index is 0.380. The third kappa shape index (κ3) is 2.58. The van der Waals surface area contributed by atoms with Gasteiger partial charge in [0.2, 0.25) is 0 Å². The number of hydrogen-bond donors (Lipinski definition) is 1. The summed E-state index contributed by atoms with van der Waals surface area (Å²) in [4.78, 5) is 13.0. The molecule has 2 rings (SSSR count). The van der Waals surface area contributed by atoms with Gasteiger partial charge in [-0.2, -0.15) is 0 Å². The Balaban J connectivity index is 2.50. The third-order valence-electron chi connectivity index (χ3n) is 2.53. The van der Waals surface area contributed by atoms with Gasteiger partial charge >= 0.3 is 0 Å². The van der Waals surface area contributed by atoms with Gasteiger partial charge in [0, 0.05) is 36.8 Å². The van der Waals surface area contributed by atoms with Crippen LogP contribution in [0.1, 0.15) is 25.5 Å². The van der Waals surface area contributed by atoms with Gasteiger partial charge in [0.15, 0.2) is 5.82 Å². The number of hydrogen-bond acceptors (Lipinski definition) is 4. The molecular formula is C13H16N4. The van der Waals surface area contributed by atoms with E-state index in [0.717, 1.165) is 22.9 Å². The highest BCUT2D eigenvalue weighted by Gasteiger charge is 2.08. The Bertz CT molecular complexity index is 494. The molecule has 0 fully saturated rings. The summed E-state index contributed by atoms with van der Waals surface area (Å²) in [5.41, 5.74) is 2.02. The van der Waals surface area contributed by atoms with E-state index in [9.17, 15) is 0 Å². The SMILES string of the molecule is CNc1cc(C(C)C)nc(-c2ccncc2)n1. The number of anilines is 1. The van der Waals surface area contributed by atoms with Crippen LogP contribution in [-0.2, 0) is 0 Å². The average molecular weight is 228 g/mol. The molecule has 17 heavy (non-hydrogen) atoms. The summed E-state index contributed by atoms with van der Waals surface area (Å²) in [6, 6.07) is 5.81. The van der Waals surface area contributed by atoms with Crippen molar-refractivity contribution in [2.75, 3.05) is 12.4 Å². The summed E-state index contributed by atoms with van der Waals surface area (Å²) >= 11 is 0. The van der Waals surface area contributed by atoms with Crippen LogP contribution in [0.5, 0.6) is 0 Å². The van der Waals surface area contributed by atoms with Crippen molar-refractivity contribution in [1.29, 1.82) is 0 Å². The molecule has 4 heteroatoms. The Morgan fingerprint density at radius 1 is 1.12 bits per heavy atom. The zero-order valence-corrected chi connectivity index (χ0v) is 10.3. The molecule has 2 aromatic rings. The van der Waals surface area contributed by atoms with Crippen LogP contribution in [-0.4, -0.2) is 22.0 Å². The molecule has 88 valence electrons. The lowest BCUT2D eigenvalue weighted by Gasteiger charge is -2.09. The fourth-order valence-electron chi connectivity index (χ4n) is 1.52. The van der Waals surface area contributed by atoms with Crippen molar-refractivity contribution < 1.29 is 0 Å². The molecule has 0 saturated carbocycles. The lowest BCUT2D eigenvalue weighted by molar-refractivity contribution is 0.817. The Hall–Kier alpha value is -1.97. The molecule has 0 aliphatic carbocycles. The van der Waals surface area contributed by atoms with Crippen molar-refractivity contribution in [3.8, 4) is 11.4 Å². The molecule has 0 aliphatic rings. The summed E-state index contributed by atoms with van der Waals surface area (Å²) in [5.74, 6) is 1.96. The predicted molar refractivity (Wildman–Crippen MR) is 68.9 cm³/mol. The molecule has 0 aromatic carbocycles. The molecule has 1 N–H and O–H groups in total. The number of nitrogens with one attached hydrogen (secondary N) is 1. The lowest BCUT2D eigenvalue weighted by Crippen LogP contribution is -2.02. The molecule has 0 saturated heterocycles. The van der Waals surface area contributed by atoms with E-state index in [1.165, 1.54) is 0 Å². The number of rotatable bonds is 3. The number of nitrogens with zero attached hydrogens (tertiary/aromatic N) is 3. The van der Waals surface area contributed by atoms with Crippen LogP contribution in [0.3, 0.4) is 0 Å². The van der Waals surface area contributed by atoms with E-state index in [1.54, 1.807) is 12.4 Å². The summed E-state index contributed by atoms with van der Waals surface area (Å²) in [7, 11) is 1.86. The van der Waals surface area contributed by atoms with Crippen molar-refractivity contribution in [3.63, 3.8) is 0 Å². The molecule has 2 aromatic heterocycles. The highest BCUT2D eigenvalue weighted by molar-refractivity contribution is 5.56.